The second kappa shape index (κ2) is 9.49. The fourth-order valence-corrected chi connectivity index (χ4v) is 3.69. The van der Waals surface area contributed by atoms with Gasteiger partial charge in [-0.25, -0.2) is 0 Å². The topological polar surface area (TPSA) is 85.0 Å². The minimum absolute atomic E-state index is 0.0592. The van der Waals surface area contributed by atoms with Crippen molar-refractivity contribution in [2.75, 3.05) is 58.2 Å². The molecule has 9 heteroatoms. The zero-order valence-corrected chi connectivity index (χ0v) is 17.6. The third kappa shape index (κ3) is 5.52. The molecule has 2 aliphatic rings. The van der Waals surface area contributed by atoms with Gasteiger partial charge in [0.15, 0.2) is 0 Å². The van der Waals surface area contributed by atoms with Gasteiger partial charge in [0.25, 0.3) is 0 Å². The van der Waals surface area contributed by atoms with E-state index in [-0.39, 0.29) is 30.7 Å². The van der Waals surface area contributed by atoms with Crippen molar-refractivity contribution in [2.24, 2.45) is 0 Å². The largest absolute Gasteiger partial charge is 0.353 e. The third-order valence-electron chi connectivity index (χ3n) is 5.11. The number of amides is 3. The average Bonchev–Trinajstić information content (AvgIpc) is 2.67. The number of carbonyl (C=O) groups excluding carboxylic acids is 3. The van der Waals surface area contributed by atoms with E-state index in [9.17, 15) is 14.4 Å². The highest BCUT2D eigenvalue weighted by Gasteiger charge is 2.35. The van der Waals surface area contributed by atoms with Gasteiger partial charge in [-0.15, -0.1) is 0 Å². The molecule has 8 nitrogen and oxygen atoms in total. The summed E-state index contributed by atoms with van der Waals surface area (Å²) in [6.07, 6.45) is -0.0592. The summed E-state index contributed by atoms with van der Waals surface area (Å²) in [7, 11) is 2.06. The predicted octanol–water partition coefficient (Wildman–Crippen LogP) is 0.352. The molecule has 0 radical (unpaired) electrons. The van der Waals surface area contributed by atoms with Gasteiger partial charge in [-0.1, -0.05) is 15.9 Å². The van der Waals surface area contributed by atoms with E-state index in [1.54, 1.807) is 17.0 Å². The second-order valence-corrected chi connectivity index (χ2v) is 8.15. The van der Waals surface area contributed by atoms with Gasteiger partial charge in [0.1, 0.15) is 6.04 Å². The number of carbonyl (C=O) groups is 3. The van der Waals surface area contributed by atoms with E-state index >= 15 is 0 Å². The average molecular weight is 452 g/mol. The highest BCUT2D eigenvalue weighted by Crippen LogP contribution is 2.16. The van der Waals surface area contributed by atoms with E-state index in [0.29, 0.717) is 18.8 Å². The van der Waals surface area contributed by atoms with Crippen LogP contribution in [0.25, 0.3) is 0 Å². The minimum Gasteiger partial charge on any atom is -0.353 e. The number of piperazine rings is 2. The number of rotatable bonds is 5. The summed E-state index contributed by atoms with van der Waals surface area (Å²) in [5, 5.41) is 5.55. The molecule has 3 rings (SSSR count). The summed E-state index contributed by atoms with van der Waals surface area (Å²) in [6, 6.07) is 6.44. The van der Waals surface area contributed by atoms with Crippen LogP contribution in [0.3, 0.4) is 0 Å². The van der Waals surface area contributed by atoms with E-state index in [0.717, 1.165) is 30.7 Å². The van der Waals surface area contributed by atoms with E-state index in [4.69, 9.17) is 0 Å². The third-order valence-corrected chi connectivity index (χ3v) is 5.64. The Labute approximate surface area is 173 Å². The number of nitrogens with zero attached hydrogens (tertiary/aromatic N) is 3. The Bertz CT molecular complexity index is 719. The van der Waals surface area contributed by atoms with Crippen LogP contribution in [-0.2, 0) is 14.4 Å². The lowest BCUT2D eigenvalue weighted by atomic mass is 10.1. The number of hydrogen-bond acceptors (Lipinski definition) is 5. The molecular formula is C19H26BrN5O3. The quantitative estimate of drug-likeness (QED) is 0.674. The molecule has 1 aromatic carbocycles. The van der Waals surface area contributed by atoms with Gasteiger partial charge in [0.05, 0.1) is 13.0 Å². The maximum atomic E-state index is 12.8. The summed E-state index contributed by atoms with van der Waals surface area (Å²) >= 11 is 3.35. The molecule has 152 valence electrons. The van der Waals surface area contributed by atoms with Crippen LogP contribution in [0.15, 0.2) is 28.7 Å². The van der Waals surface area contributed by atoms with Crippen molar-refractivity contribution in [3.05, 3.63) is 28.7 Å². The molecular weight excluding hydrogens is 426 g/mol. The van der Waals surface area contributed by atoms with Gasteiger partial charge < -0.3 is 20.4 Å². The normalized spacial score (nSPS) is 21.3. The van der Waals surface area contributed by atoms with Crippen molar-refractivity contribution in [1.29, 1.82) is 0 Å². The SMILES string of the molecule is CN1CCN(CC(=O)N2CCNC(=O)[C@H]2CC(=O)Nc2ccc(Br)cc2)CC1. The van der Waals surface area contributed by atoms with Gasteiger partial charge in [0.2, 0.25) is 17.7 Å². The zero-order valence-electron chi connectivity index (χ0n) is 16.0. The minimum atomic E-state index is -0.774. The van der Waals surface area contributed by atoms with Gasteiger partial charge in [0, 0.05) is 49.4 Å². The molecule has 1 atom stereocenters. The first kappa shape index (κ1) is 20.8. The van der Waals surface area contributed by atoms with Crippen LogP contribution < -0.4 is 10.6 Å². The molecule has 28 heavy (non-hydrogen) atoms. The van der Waals surface area contributed by atoms with Crippen molar-refractivity contribution in [1.82, 2.24) is 20.0 Å². The Balaban J connectivity index is 1.59. The van der Waals surface area contributed by atoms with Gasteiger partial charge in [-0.2, -0.15) is 0 Å². The van der Waals surface area contributed by atoms with Gasteiger partial charge in [-0.05, 0) is 31.3 Å². The number of halogens is 1. The molecule has 0 aromatic heterocycles. The van der Waals surface area contributed by atoms with E-state index in [2.05, 4.69) is 43.4 Å². The van der Waals surface area contributed by atoms with Crippen LogP contribution >= 0.6 is 15.9 Å². The molecule has 1 aromatic rings. The van der Waals surface area contributed by atoms with Crippen LogP contribution in [0, 0.1) is 0 Å². The Hall–Kier alpha value is -1.97. The second-order valence-electron chi connectivity index (χ2n) is 7.23. The van der Waals surface area contributed by atoms with E-state index in [1.807, 2.05) is 12.1 Å². The first-order valence-corrected chi connectivity index (χ1v) is 10.2. The molecule has 0 aliphatic carbocycles. The molecule has 2 fully saturated rings. The summed E-state index contributed by atoms with van der Waals surface area (Å²) in [4.78, 5) is 43.5. The molecule has 2 heterocycles. The summed E-state index contributed by atoms with van der Waals surface area (Å²) < 4.78 is 0.915. The lowest BCUT2D eigenvalue weighted by molar-refractivity contribution is -0.145. The maximum absolute atomic E-state index is 12.8. The summed E-state index contributed by atoms with van der Waals surface area (Å²) in [5.74, 6) is -0.661. The first-order chi connectivity index (χ1) is 13.4. The molecule has 0 bridgehead atoms. The first-order valence-electron chi connectivity index (χ1n) is 9.46. The maximum Gasteiger partial charge on any atom is 0.243 e. The van der Waals surface area contributed by atoms with Crippen molar-refractivity contribution in [3.63, 3.8) is 0 Å². The number of anilines is 1. The number of nitrogens with one attached hydrogen (secondary N) is 2. The fourth-order valence-electron chi connectivity index (χ4n) is 3.43. The Morgan fingerprint density at radius 1 is 1.14 bits per heavy atom. The molecule has 0 unspecified atom stereocenters. The number of hydrogen-bond donors (Lipinski definition) is 2. The zero-order chi connectivity index (χ0) is 20.1. The van der Waals surface area contributed by atoms with Crippen LogP contribution in [0.2, 0.25) is 0 Å². The van der Waals surface area contributed by atoms with Crippen molar-refractivity contribution in [2.45, 2.75) is 12.5 Å². The molecule has 2 aliphatic heterocycles. The molecule has 2 saturated heterocycles. The predicted molar refractivity (Wildman–Crippen MR) is 110 cm³/mol. The molecule has 0 spiro atoms. The lowest BCUT2D eigenvalue weighted by Gasteiger charge is -2.37. The Morgan fingerprint density at radius 3 is 2.50 bits per heavy atom. The Kier molecular flexibility index (Phi) is 7.03. The van der Waals surface area contributed by atoms with E-state index in [1.165, 1.54) is 0 Å². The van der Waals surface area contributed by atoms with Gasteiger partial charge >= 0.3 is 0 Å². The highest BCUT2D eigenvalue weighted by atomic mass is 79.9. The molecule has 0 saturated carbocycles. The van der Waals surface area contributed by atoms with Gasteiger partial charge in [-0.3, -0.25) is 19.3 Å². The highest BCUT2D eigenvalue weighted by molar-refractivity contribution is 9.10. The summed E-state index contributed by atoms with van der Waals surface area (Å²) in [6.45, 7) is 4.63. The van der Waals surface area contributed by atoms with Crippen molar-refractivity contribution in [3.8, 4) is 0 Å². The van der Waals surface area contributed by atoms with Crippen LogP contribution in [-0.4, -0.2) is 91.3 Å². The number of benzene rings is 1. The molecule has 2 N–H and O–H groups in total. The number of likely N-dealkylation sites (N-methyl/N-ethyl adjacent to an activating group) is 1. The smallest absolute Gasteiger partial charge is 0.243 e. The monoisotopic (exact) mass is 451 g/mol. The van der Waals surface area contributed by atoms with Crippen molar-refractivity contribution >= 4 is 39.3 Å². The van der Waals surface area contributed by atoms with Crippen LogP contribution in [0.5, 0.6) is 0 Å². The Morgan fingerprint density at radius 2 is 1.82 bits per heavy atom. The fraction of sp³-hybridized carbons (Fsp3) is 0.526. The molecule has 3 amide bonds. The van der Waals surface area contributed by atoms with Crippen LogP contribution in [0.1, 0.15) is 6.42 Å². The standard InChI is InChI=1S/C19H26BrN5O3/c1-23-8-10-24(11-9-23)13-18(27)25-7-6-21-19(28)16(25)12-17(26)22-15-4-2-14(20)3-5-15/h2-5,16H,6-13H2,1H3,(H,21,28)(H,22,26)/t16-/m1/s1. The van der Waals surface area contributed by atoms with Crippen molar-refractivity contribution < 1.29 is 14.4 Å². The lowest BCUT2D eigenvalue weighted by Crippen LogP contribution is -2.60. The summed E-state index contributed by atoms with van der Waals surface area (Å²) in [5.41, 5.74) is 0.653. The van der Waals surface area contributed by atoms with Crippen LogP contribution in [0.4, 0.5) is 5.69 Å². The van der Waals surface area contributed by atoms with E-state index < -0.39 is 6.04 Å².